The van der Waals surface area contributed by atoms with Crippen molar-refractivity contribution in [3.05, 3.63) is 103 Å². The zero-order valence-corrected chi connectivity index (χ0v) is 16.1. The van der Waals surface area contributed by atoms with Gasteiger partial charge in [-0.15, -0.1) is 0 Å². The molecule has 0 spiro atoms. The molecule has 30 heavy (non-hydrogen) atoms. The molecule has 6 nitrogen and oxygen atoms in total. The molecule has 0 aliphatic heterocycles. The highest BCUT2D eigenvalue weighted by Gasteiger charge is 2.11. The van der Waals surface area contributed by atoms with Gasteiger partial charge in [-0.05, 0) is 48.0 Å². The van der Waals surface area contributed by atoms with Gasteiger partial charge in [-0.1, -0.05) is 30.3 Å². The highest BCUT2D eigenvalue weighted by molar-refractivity contribution is 6.02. The third-order valence-electron chi connectivity index (χ3n) is 4.49. The highest BCUT2D eigenvalue weighted by atomic mass is 16.3. The van der Waals surface area contributed by atoms with Gasteiger partial charge in [0, 0.05) is 41.5 Å². The molecule has 4 aromatic rings. The van der Waals surface area contributed by atoms with E-state index in [9.17, 15) is 9.90 Å². The number of aliphatic hydroxyl groups excluding tert-OH is 1. The standard InChI is InChI=1S/C24H20N4O2/c29-17-18-6-4-8-21(14-18)26-23(30)12-11-20-16-28(22-9-2-1-3-10-22)27-24(20)19-7-5-13-25-15-19/h1-16,29H,17H2,(H,26,30)/b12-11+. The number of hydrogen-bond donors (Lipinski definition) is 2. The molecule has 4 rings (SSSR count). The van der Waals surface area contributed by atoms with E-state index in [1.807, 2.05) is 48.7 Å². The lowest BCUT2D eigenvalue weighted by Gasteiger charge is -2.03. The van der Waals surface area contributed by atoms with Crippen molar-refractivity contribution in [1.29, 1.82) is 0 Å². The minimum Gasteiger partial charge on any atom is -0.392 e. The molecule has 2 aromatic heterocycles. The number of pyridine rings is 1. The van der Waals surface area contributed by atoms with Crippen molar-refractivity contribution in [1.82, 2.24) is 14.8 Å². The Morgan fingerprint density at radius 3 is 2.70 bits per heavy atom. The molecule has 2 heterocycles. The van der Waals surface area contributed by atoms with E-state index in [-0.39, 0.29) is 12.5 Å². The van der Waals surface area contributed by atoms with Crippen LogP contribution in [0.2, 0.25) is 0 Å². The number of anilines is 1. The van der Waals surface area contributed by atoms with E-state index in [1.54, 1.807) is 47.4 Å². The number of hydrogen-bond acceptors (Lipinski definition) is 4. The number of nitrogens with one attached hydrogen (secondary N) is 1. The first-order valence-electron chi connectivity index (χ1n) is 9.47. The normalized spacial score (nSPS) is 11.0. The molecule has 6 heteroatoms. The molecule has 0 atom stereocenters. The molecule has 0 aliphatic carbocycles. The van der Waals surface area contributed by atoms with Crippen LogP contribution < -0.4 is 5.32 Å². The van der Waals surface area contributed by atoms with Gasteiger partial charge in [-0.3, -0.25) is 9.78 Å². The Hall–Kier alpha value is -4.03. The van der Waals surface area contributed by atoms with E-state index in [0.29, 0.717) is 5.69 Å². The van der Waals surface area contributed by atoms with Crippen molar-refractivity contribution in [3.8, 4) is 16.9 Å². The molecule has 0 saturated heterocycles. The first-order valence-corrected chi connectivity index (χ1v) is 9.47. The van der Waals surface area contributed by atoms with E-state index in [1.165, 1.54) is 6.08 Å². The summed E-state index contributed by atoms with van der Waals surface area (Å²) < 4.78 is 1.78. The van der Waals surface area contributed by atoms with Crippen molar-refractivity contribution < 1.29 is 9.90 Å². The monoisotopic (exact) mass is 396 g/mol. The Labute approximate surface area is 174 Å². The SMILES string of the molecule is O=C(/C=C/c1cn(-c2ccccc2)nc1-c1cccnc1)Nc1cccc(CO)c1. The molecule has 2 N–H and O–H groups in total. The molecular weight excluding hydrogens is 376 g/mol. The average Bonchev–Trinajstić information content (AvgIpc) is 3.23. The molecule has 0 fully saturated rings. The fourth-order valence-corrected chi connectivity index (χ4v) is 3.05. The Morgan fingerprint density at radius 1 is 1.07 bits per heavy atom. The summed E-state index contributed by atoms with van der Waals surface area (Å²) >= 11 is 0. The van der Waals surface area contributed by atoms with Crippen LogP contribution in [-0.2, 0) is 11.4 Å². The number of carbonyl (C=O) groups excluding carboxylic acids is 1. The third kappa shape index (κ3) is 4.51. The van der Waals surface area contributed by atoms with Gasteiger partial charge >= 0.3 is 0 Å². The molecule has 148 valence electrons. The van der Waals surface area contributed by atoms with Crippen LogP contribution in [0.1, 0.15) is 11.1 Å². The van der Waals surface area contributed by atoms with Crippen LogP contribution in [0.15, 0.2) is 91.4 Å². The number of rotatable bonds is 6. The smallest absolute Gasteiger partial charge is 0.248 e. The lowest BCUT2D eigenvalue weighted by atomic mass is 10.1. The fraction of sp³-hybridized carbons (Fsp3) is 0.0417. The predicted molar refractivity (Wildman–Crippen MR) is 117 cm³/mol. The minimum atomic E-state index is -0.269. The molecule has 1 amide bonds. The first-order chi connectivity index (χ1) is 14.7. The van der Waals surface area contributed by atoms with Gasteiger partial charge in [0.1, 0.15) is 5.69 Å². The maximum atomic E-state index is 12.4. The molecule has 0 radical (unpaired) electrons. The van der Waals surface area contributed by atoms with Crippen molar-refractivity contribution in [3.63, 3.8) is 0 Å². The summed E-state index contributed by atoms with van der Waals surface area (Å²) in [5, 5.41) is 16.8. The lowest BCUT2D eigenvalue weighted by Crippen LogP contribution is -2.07. The van der Waals surface area contributed by atoms with Gasteiger partial charge in [0.15, 0.2) is 0 Å². The number of aromatic nitrogens is 3. The second kappa shape index (κ2) is 8.98. The summed E-state index contributed by atoms with van der Waals surface area (Å²) in [6, 6.07) is 20.7. The molecule has 0 aliphatic rings. The van der Waals surface area contributed by atoms with Crippen LogP contribution in [0.25, 0.3) is 23.0 Å². The topological polar surface area (TPSA) is 80.0 Å². The second-order valence-corrected chi connectivity index (χ2v) is 6.64. The summed E-state index contributed by atoms with van der Waals surface area (Å²) in [5.74, 6) is -0.269. The number of benzene rings is 2. The first kappa shape index (κ1) is 19.3. The molecule has 2 aromatic carbocycles. The number of nitrogens with zero attached hydrogens (tertiary/aromatic N) is 3. The summed E-state index contributed by atoms with van der Waals surface area (Å²) in [7, 11) is 0. The van der Waals surface area contributed by atoms with E-state index < -0.39 is 0 Å². The molecule has 0 bridgehead atoms. The van der Waals surface area contributed by atoms with Gasteiger partial charge in [0.2, 0.25) is 5.91 Å². The fourth-order valence-electron chi connectivity index (χ4n) is 3.05. The minimum absolute atomic E-state index is 0.0767. The molecule has 0 saturated carbocycles. The highest BCUT2D eigenvalue weighted by Crippen LogP contribution is 2.24. The van der Waals surface area contributed by atoms with Crippen molar-refractivity contribution >= 4 is 17.7 Å². The van der Waals surface area contributed by atoms with Gasteiger partial charge in [0.05, 0.1) is 12.3 Å². The van der Waals surface area contributed by atoms with Crippen LogP contribution in [-0.4, -0.2) is 25.8 Å². The summed E-state index contributed by atoms with van der Waals surface area (Å²) in [5.41, 5.74) is 4.68. The van der Waals surface area contributed by atoms with Crippen molar-refractivity contribution in [2.24, 2.45) is 0 Å². The van der Waals surface area contributed by atoms with Crippen molar-refractivity contribution in [2.45, 2.75) is 6.61 Å². The third-order valence-corrected chi connectivity index (χ3v) is 4.49. The quantitative estimate of drug-likeness (QED) is 0.481. The Bertz CT molecular complexity index is 1170. The van der Waals surface area contributed by atoms with Crippen LogP contribution >= 0.6 is 0 Å². The zero-order chi connectivity index (χ0) is 20.8. The molecular formula is C24H20N4O2. The summed E-state index contributed by atoms with van der Waals surface area (Å²) in [6.07, 6.45) is 8.54. The number of aliphatic hydroxyl groups is 1. The van der Waals surface area contributed by atoms with Gasteiger partial charge in [-0.2, -0.15) is 5.10 Å². The van der Waals surface area contributed by atoms with Crippen LogP contribution in [0, 0.1) is 0 Å². The maximum Gasteiger partial charge on any atom is 0.248 e. The maximum absolute atomic E-state index is 12.4. The van der Waals surface area contributed by atoms with E-state index in [2.05, 4.69) is 10.3 Å². The average molecular weight is 396 g/mol. The Kier molecular flexibility index (Phi) is 5.78. The van der Waals surface area contributed by atoms with E-state index in [4.69, 9.17) is 5.10 Å². The van der Waals surface area contributed by atoms with E-state index in [0.717, 1.165) is 28.1 Å². The number of amides is 1. The lowest BCUT2D eigenvalue weighted by molar-refractivity contribution is -0.111. The number of para-hydroxylation sites is 1. The summed E-state index contributed by atoms with van der Waals surface area (Å²) in [6.45, 7) is -0.0767. The summed E-state index contributed by atoms with van der Waals surface area (Å²) in [4.78, 5) is 16.6. The van der Waals surface area contributed by atoms with Crippen LogP contribution in [0.4, 0.5) is 5.69 Å². The molecule has 0 unspecified atom stereocenters. The van der Waals surface area contributed by atoms with Crippen LogP contribution in [0.3, 0.4) is 0 Å². The zero-order valence-electron chi connectivity index (χ0n) is 16.1. The predicted octanol–water partition coefficient (Wildman–Crippen LogP) is 4.08. The van der Waals surface area contributed by atoms with Crippen LogP contribution in [0.5, 0.6) is 0 Å². The Balaban J connectivity index is 1.62. The van der Waals surface area contributed by atoms with E-state index >= 15 is 0 Å². The Morgan fingerprint density at radius 2 is 1.93 bits per heavy atom. The van der Waals surface area contributed by atoms with Gasteiger partial charge in [0.25, 0.3) is 0 Å². The van der Waals surface area contributed by atoms with Gasteiger partial charge in [-0.25, -0.2) is 4.68 Å². The number of carbonyl (C=O) groups is 1. The largest absolute Gasteiger partial charge is 0.392 e. The second-order valence-electron chi connectivity index (χ2n) is 6.64. The van der Waals surface area contributed by atoms with Crippen molar-refractivity contribution in [2.75, 3.05) is 5.32 Å². The van der Waals surface area contributed by atoms with Gasteiger partial charge < -0.3 is 10.4 Å².